The third-order valence-corrected chi connectivity index (χ3v) is 10.9. The summed E-state index contributed by atoms with van der Waals surface area (Å²) < 4.78 is 9.08. The van der Waals surface area contributed by atoms with Gasteiger partial charge in [0.05, 0.1) is 22.4 Å². The van der Waals surface area contributed by atoms with Crippen molar-refractivity contribution in [3.8, 4) is 28.1 Å². The van der Waals surface area contributed by atoms with Crippen LogP contribution in [0.5, 0.6) is 0 Å². The van der Waals surface area contributed by atoms with Crippen LogP contribution in [-0.2, 0) is 0 Å². The van der Waals surface area contributed by atoms with Gasteiger partial charge >= 0.3 is 0 Å². The molecule has 0 radical (unpaired) electrons. The van der Waals surface area contributed by atoms with E-state index in [1.165, 1.54) is 16.3 Å². The summed E-state index contributed by atoms with van der Waals surface area (Å²) in [6, 6.07) is 60.1. The summed E-state index contributed by atoms with van der Waals surface area (Å²) in [4.78, 5) is 13.3. The van der Waals surface area contributed by atoms with E-state index in [1.54, 1.807) is 0 Å². The lowest BCUT2D eigenvalue weighted by Crippen LogP contribution is -2.18. The standard InChI is InChI=1S/C48H28N4O/c1-2-16-31(17-3-1)51-38-23-8-6-19-35(38)43-37(22-12-25-40(43)51)45-47-44(36-20-7-9-26-41(36)53-47)49-48(50-45)52-39-24-11-15-30-14-10-21-33(42(30)39)34-28-27-29-13-4-5-18-32(29)46(34)52/h1-28H. The van der Waals surface area contributed by atoms with Crippen molar-refractivity contribution in [3.05, 3.63) is 170 Å². The van der Waals surface area contributed by atoms with Crippen molar-refractivity contribution >= 4 is 82.7 Å². The number of anilines is 3. The molecule has 0 bridgehead atoms. The summed E-state index contributed by atoms with van der Waals surface area (Å²) in [5.41, 5.74) is 11.8. The van der Waals surface area contributed by atoms with Crippen LogP contribution < -0.4 is 4.90 Å². The van der Waals surface area contributed by atoms with Crippen LogP contribution in [0.15, 0.2) is 174 Å². The average Bonchev–Trinajstić information content (AvgIpc) is 3.77. The van der Waals surface area contributed by atoms with Crippen LogP contribution >= 0.6 is 0 Å². The number of hydrogen-bond donors (Lipinski definition) is 0. The first kappa shape index (κ1) is 28.5. The number of nitrogens with zero attached hydrogens (tertiary/aromatic N) is 4. The Morgan fingerprint density at radius 1 is 0.453 bits per heavy atom. The van der Waals surface area contributed by atoms with Crippen LogP contribution in [-0.4, -0.2) is 14.5 Å². The summed E-state index contributed by atoms with van der Waals surface area (Å²) in [7, 11) is 0. The Hall–Kier alpha value is -7.24. The Morgan fingerprint density at radius 3 is 2.06 bits per heavy atom. The molecule has 11 aromatic rings. The number of fused-ring (bicyclic) bond motifs is 10. The lowest BCUT2D eigenvalue weighted by molar-refractivity contribution is 0.667. The molecule has 0 saturated carbocycles. The highest BCUT2D eigenvalue weighted by Crippen LogP contribution is 2.53. The minimum absolute atomic E-state index is 0.599. The van der Waals surface area contributed by atoms with Gasteiger partial charge in [-0.15, -0.1) is 0 Å². The predicted octanol–water partition coefficient (Wildman–Crippen LogP) is 12.9. The number of aromatic nitrogens is 3. The molecule has 0 unspecified atom stereocenters. The molecule has 0 N–H and O–H groups in total. The molecule has 0 atom stereocenters. The van der Waals surface area contributed by atoms with Crippen LogP contribution in [0.4, 0.5) is 17.3 Å². The molecule has 5 heteroatoms. The first-order valence-corrected chi connectivity index (χ1v) is 17.9. The van der Waals surface area contributed by atoms with E-state index < -0.39 is 0 Å². The smallest absolute Gasteiger partial charge is 0.236 e. The van der Waals surface area contributed by atoms with Crippen LogP contribution in [0.2, 0.25) is 0 Å². The van der Waals surface area contributed by atoms with Crippen LogP contribution in [0.3, 0.4) is 0 Å². The molecule has 1 aliphatic rings. The van der Waals surface area contributed by atoms with Crippen molar-refractivity contribution in [2.45, 2.75) is 0 Å². The molecule has 0 saturated heterocycles. The molecule has 4 heterocycles. The Labute approximate surface area is 303 Å². The van der Waals surface area contributed by atoms with Crippen molar-refractivity contribution in [2.24, 2.45) is 0 Å². The monoisotopic (exact) mass is 676 g/mol. The molecule has 0 aliphatic carbocycles. The second kappa shape index (κ2) is 10.6. The van der Waals surface area contributed by atoms with E-state index in [0.717, 1.165) is 82.9 Å². The minimum Gasteiger partial charge on any atom is -0.452 e. The van der Waals surface area contributed by atoms with E-state index in [0.29, 0.717) is 11.5 Å². The quantitative estimate of drug-likeness (QED) is 0.187. The lowest BCUT2D eigenvalue weighted by Gasteiger charge is -2.33. The molecular weight excluding hydrogens is 649 g/mol. The largest absolute Gasteiger partial charge is 0.452 e. The Bertz CT molecular complexity index is 3300. The third-order valence-electron chi connectivity index (χ3n) is 10.9. The van der Waals surface area contributed by atoms with Gasteiger partial charge < -0.3 is 8.98 Å². The molecule has 8 aromatic carbocycles. The SMILES string of the molecule is c1ccc(-n2c3ccccc3c3c(-c4nc(N5c6c(ccc7ccccc67)-c6cccc7cccc5c67)nc5c4oc4ccccc45)cccc32)cc1. The van der Waals surface area contributed by atoms with E-state index >= 15 is 0 Å². The van der Waals surface area contributed by atoms with Crippen LogP contribution in [0.1, 0.15) is 0 Å². The number of rotatable bonds is 3. The van der Waals surface area contributed by atoms with Gasteiger partial charge in [0.2, 0.25) is 5.95 Å². The molecule has 0 amide bonds. The molecule has 53 heavy (non-hydrogen) atoms. The van der Waals surface area contributed by atoms with Gasteiger partial charge in [0.15, 0.2) is 5.58 Å². The number of benzene rings is 8. The zero-order valence-electron chi connectivity index (χ0n) is 28.4. The van der Waals surface area contributed by atoms with Crippen LogP contribution in [0, 0.1) is 0 Å². The molecule has 0 spiro atoms. The van der Waals surface area contributed by atoms with Gasteiger partial charge in [-0.3, -0.25) is 4.90 Å². The van der Waals surface area contributed by atoms with Gasteiger partial charge in [0.25, 0.3) is 0 Å². The van der Waals surface area contributed by atoms with Gasteiger partial charge in [-0.1, -0.05) is 127 Å². The highest BCUT2D eigenvalue weighted by atomic mass is 16.3. The predicted molar refractivity (Wildman–Crippen MR) is 218 cm³/mol. The minimum atomic E-state index is 0.599. The summed E-state index contributed by atoms with van der Waals surface area (Å²) in [5, 5.41) is 7.91. The normalized spacial score (nSPS) is 12.5. The van der Waals surface area contributed by atoms with Crippen molar-refractivity contribution in [1.82, 2.24) is 14.5 Å². The lowest BCUT2D eigenvalue weighted by atomic mass is 9.89. The highest BCUT2D eigenvalue weighted by molar-refractivity contribution is 6.21. The van der Waals surface area contributed by atoms with Gasteiger partial charge in [0.1, 0.15) is 16.8 Å². The molecule has 5 nitrogen and oxygen atoms in total. The molecule has 12 rings (SSSR count). The average molecular weight is 677 g/mol. The van der Waals surface area contributed by atoms with Crippen molar-refractivity contribution in [1.29, 1.82) is 0 Å². The van der Waals surface area contributed by atoms with Gasteiger partial charge in [-0.05, 0) is 58.8 Å². The van der Waals surface area contributed by atoms with Crippen molar-refractivity contribution < 1.29 is 4.42 Å². The fourth-order valence-corrected chi connectivity index (χ4v) is 8.71. The maximum Gasteiger partial charge on any atom is 0.236 e. The summed E-state index contributed by atoms with van der Waals surface area (Å²) in [5.74, 6) is 0.599. The van der Waals surface area contributed by atoms with Crippen LogP contribution in [0.25, 0.3) is 93.5 Å². The van der Waals surface area contributed by atoms with Crippen molar-refractivity contribution in [2.75, 3.05) is 4.90 Å². The summed E-state index contributed by atoms with van der Waals surface area (Å²) >= 11 is 0. The number of furan rings is 1. The molecular formula is C48H28N4O. The number of hydrogen-bond acceptors (Lipinski definition) is 4. The maximum absolute atomic E-state index is 6.74. The van der Waals surface area contributed by atoms with Crippen molar-refractivity contribution in [3.63, 3.8) is 0 Å². The topological polar surface area (TPSA) is 47.1 Å². The van der Waals surface area contributed by atoms with E-state index in [-0.39, 0.29) is 0 Å². The fraction of sp³-hybridized carbons (Fsp3) is 0. The maximum atomic E-state index is 6.74. The van der Waals surface area contributed by atoms with Gasteiger partial charge in [-0.2, -0.15) is 0 Å². The first-order valence-electron chi connectivity index (χ1n) is 17.9. The highest BCUT2D eigenvalue weighted by Gasteiger charge is 2.31. The van der Waals surface area contributed by atoms with Gasteiger partial charge in [-0.25, -0.2) is 9.97 Å². The molecule has 3 aromatic heterocycles. The Morgan fingerprint density at radius 2 is 1.15 bits per heavy atom. The Kier molecular flexibility index (Phi) is 5.71. The van der Waals surface area contributed by atoms with E-state index in [9.17, 15) is 0 Å². The van der Waals surface area contributed by atoms with E-state index in [2.05, 4.69) is 161 Å². The summed E-state index contributed by atoms with van der Waals surface area (Å²) in [6.07, 6.45) is 0. The third kappa shape index (κ3) is 3.91. The Balaban J connectivity index is 1.24. The second-order valence-corrected chi connectivity index (χ2v) is 13.7. The molecule has 246 valence electrons. The first-order chi connectivity index (χ1) is 26.3. The second-order valence-electron chi connectivity index (χ2n) is 13.7. The zero-order valence-corrected chi connectivity index (χ0v) is 28.4. The van der Waals surface area contributed by atoms with E-state index in [4.69, 9.17) is 14.4 Å². The van der Waals surface area contributed by atoms with Gasteiger partial charge in [0, 0.05) is 43.7 Å². The zero-order chi connectivity index (χ0) is 34.6. The van der Waals surface area contributed by atoms with E-state index in [1.807, 2.05) is 18.2 Å². The molecule has 1 aliphatic heterocycles. The fourth-order valence-electron chi connectivity index (χ4n) is 8.71. The molecule has 0 fully saturated rings. The summed E-state index contributed by atoms with van der Waals surface area (Å²) in [6.45, 7) is 0. The number of para-hydroxylation sites is 3.